The third kappa shape index (κ3) is 6.85. The first-order valence-corrected chi connectivity index (χ1v) is 15.7. The van der Waals surface area contributed by atoms with E-state index >= 15 is 0 Å². The lowest BCUT2D eigenvalue weighted by molar-refractivity contribution is -0.300. The predicted octanol–water partition coefficient (Wildman–Crippen LogP) is 1.60. The number of methoxy groups -OCH3 is 1. The maximum atomic E-state index is 13.7. The molecule has 0 aromatic carbocycles. The van der Waals surface area contributed by atoms with Crippen molar-refractivity contribution in [2.45, 2.75) is 103 Å². The molecule has 13 heteroatoms. The Labute approximate surface area is 261 Å². The standard InChI is InChI=1S/C32H42O13/c1-14(33)42-27-28(43-15(2)34)30(44-16(3)35)32(45-29(27)31(39)40-4)41-13-25(38)21-10-9-20-22-7-5-17-11-18(36)6-8-19(17)26(22)24(37)12-23(20)21/h11,19-24,26-30,32,37H,5-10,12-13H2,1-4H3/t19-,20+,21+,22-,23-,24-,26-,27+,28+,29+,30-,32-/m0/s1. The minimum atomic E-state index is -1.61. The van der Waals surface area contributed by atoms with E-state index in [9.17, 15) is 33.9 Å². The topological polar surface area (TPSA) is 178 Å². The number of aliphatic hydroxyl groups excluding tert-OH is 1. The van der Waals surface area contributed by atoms with E-state index < -0.39 is 67.3 Å². The van der Waals surface area contributed by atoms with Gasteiger partial charge in [0, 0.05) is 33.1 Å². The van der Waals surface area contributed by atoms with Gasteiger partial charge < -0.3 is 33.5 Å². The summed E-state index contributed by atoms with van der Waals surface area (Å²) in [4.78, 5) is 74.3. The fourth-order valence-corrected chi connectivity index (χ4v) is 8.73. The quantitative estimate of drug-likeness (QED) is 0.301. The molecule has 248 valence electrons. The lowest BCUT2D eigenvalue weighted by Crippen LogP contribution is -2.64. The van der Waals surface area contributed by atoms with Crippen LogP contribution >= 0.6 is 0 Å². The molecule has 1 heterocycles. The average molecular weight is 635 g/mol. The average Bonchev–Trinajstić information content (AvgIpc) is 3.40. The monoisotopic (exact) mass is 634 g/mol. The van der Waals surface area contributed by atoms with Crippen LogP contribution in [0.15, 0.2) is 11.6 Å². The molecule has 0 radical (unpaired) electrons. The molecule has 0 aromatic heterocycles. The van der Waals surface area contributed by atoms with E-state index in [0.717, 1.165) is 59.1 Å². The van der Waals surface area contributed by atoms with Crippen molar-refractivity contribution in [3.8, 4) is 0 Å². The highest BCUT2D eigenvalue weighted by Gasteiger charge is 2.57. The van der Waals surface area contributed by atoms with Gasteiger partial charge in [0.05, 0.1) is 13.2 Å². The third-order valence-electron chi connectivity index (χ3n) is 10.3. The van der Waals surface area contributed by atoms with Crippen LogP contribution in [0.2, 0.25) is 0 Å². The summed E-state index contributed by atoms with van der Waals surface area (Å²) in [6.07, 6.45) is -1.52. The molecule has 4 fully saturated rings. The van der Waals surface area contributed by atoms with Crippen LogP contribution in [0.3, 0.4) is 0 Å². The molecular weight excluding hydrogens is 592 g/mol. The van der Waals surface area contributed by atoms with E-state index in [1.165, 1.54) is 0 Å². The summed E-state index contributed by atoms with van der Waals surface area (Å²) in [5.41, 5.74) is 1.16. The van der Waals surface area contributed by atoms with E-state index in [0.29, 0.717) is 19.3 Å². The number of ether oxygens (including phenoxy) is 6. The fourth-order valence-electron chi connectivity index (χ4n) is 8.73. The molecule has 5 aliphatic rings. The summed E-state index contributed by atoms with van der Waals surface area (Å²) < 4.78 is 32.4. The van der Waals surface area contributed by atoms with Gasteiger partial charge in [-0.05, 0) is 74.2 Å². The molecule has 0 bridgehead atoms. The van der Waals surface area contributed by atoms with Gasteiger partial charge in [0.1, 0.15) is 6.61 Å². The minimum absolute atomic E-state index is 0.0328. The zero-order chi connectivity index (χ0) is 32.6. The molecule has 0 amide bonds. The van der Waals surface area contributed by atoms with Gasteiger partial charge in [-0.25, -0.2) is 4.79 Å². The first-order valence-electron chi connectivity index (χ1n) is 15.7. The number of fused-ring (bicyclic) bond motifs is 5. The number of esters is 4. The van der Waals surface area contributed by atoms with Crippen molar-refractivity contribution in [1.82, 2.24) is 0 Å². The van der Waals surface area contributed by atoms with Crippen LogP contribution in [-0.4, -0.2) is 91.1 Å². The second-order valence-corrected chi connectivity index (χ2v) is 12.9. The number of rotatable bonds is 8. The summed E-state index contributed by atoms with van der Waals surface area (Å²) in [6, 6.07) is 0. The maximum Gasteiger partial charge on any atom is 0.339 e. The van der Waals surface area contributed by atoms with E-state index in [1.807, 2.05) is 0 Å². The van der Waals surface area contributed by atoms with Gasteiger partial charge in [-0.2, -0.15) is 0 Å². The van der Waals surface area contributed by atoms with Gasteiger partial charge in [-0.3, -0.25) is 24.0 Å². The van der Waals surface area contributed by atoms with Gasteiger partial charge in [0.2, 0.25) is 0 Å². The molecule has 1 saturated heterocycles. The Morgan fingerprint density at radius 2 is 1.51 bits per heavy atom. The van der Waals surface area contributed by atoms with E-state index in [4.69, 9.17) is 28.4 Å². The Balaban J connectivity index is 1.31. The van der Waals surface area contributed by atoms with E-state index in [1.54, 1.807) is 6.08 Å². The number of hydrogen-bond acceptors (Lipinski definition) is 13. The zero-order valence-electron chi connectivity index (χ0n) is 26.0. The van der Waals surface area contributed by atoms with Crippen LogP contribution < -0.4 is 0 Å². The highest BCUT2D eigenvalue weighted by atomic mass is 16.7. The molecule has 45 heavy (non-hydrogen) atoms. The largest absolute Gasteiger partial charge is 0.467 e. The molecule has 12 atom stereocenters. The van der Waals surface area contributed by atoms with Crippen molar-refractivity contribution in [2.75, 3.05) is 13.7 Å². The highest BCUT2D eigenvalue weighted by Crippen LogP contribution is 2.58. The lowest BCUT2D eigenvalue weighted by Gasteiger charge is -2.51. The SMILES string of the molecule is COC(=O)[C@@H]1O[C@H](OCC(=O)[C@@H]2CC[C@@H]3[C@@H]4CCC5=CC(=O)CC[C@@H]5[C@@H]4[C@@H](O)C[C@@H]32)[C@@H](OC(C)=O)[C@H](OC(C)=O)[C@H]1OC(C)=O. The first-order chi connectivity index (χ1) is 21.4. The van der Waals surface area contributed by atoms with Crippen molar-refractivity contribution < 1.29 is 62.3 Å². The number of Topliss-reactive ketones (excluding diaryl/α,β-unsaturated/α-hetero) is 1. The lowest BCUT2D eigenvalue weighted by atomic mass is 9.54. The van der Waals surface area contributed by atoms with Crippen molar-refractivity contribution >= 4 is 35.4 Å². The summed E-state index contributed by atoms with van der Waals surface area (Å²) in [7, 11) is 1.09. The number of allylic oxidation sites excluding steroid dienone is 1. The molecule has 1 N–H and O–H groups in total. The molecule has 1 aliphatic heterocycles. The van der Waals surface area contributed by atoms with Gasteiger partial charge in [0.25, 0.3) is 0 Å². The maximum absolute atomic E-state index is 13.7. The summed E-state index contributed by atoms with van der Waals surface area (Å²) in [5, 5.41) is 11.4. The van der Waals surface area contributed by atoms with Gasteiger partial charge >= 0.3 is 23.9 Å². The Kier molecular flexibility index (Phi) is 10.1. The van der Waals surface area contributed by atoms with Crippen LogP contribution in [0.1, 0.15) is 65.7 Å². The smallest absolute Gasteiger partial charge is 0.339 e. The number of carbonyl (C=O) groups is 6. The predicted molar refractivity (Wildman–Crippen MR) is 151 cm³/mol. The van der Waals surface area contributed by atoms with Gasteiger partial charge in [-0.15, -0.1) is 0 Å². The first kappa shape index (κ1) is 33.2. The highest BCUT2D eigenvalue weighted by molar-refractivity contribution is 5.91. The van der Waals surface area contributed by atoms with Crippen molar-refractivity contribution in [1.29, 1.82) is 0 Å². The Morgan fingerprint density at radius 1 is 0.844 bits per heavy atom. The van der Waals surface area contributed by atoms with Gasteiger partial charge in [0.15, 0.2) is 42.3 Å². The Bertz CT molecular complexity index is 1240. The van der Waals surface area contributed by atoms with Crippen molar-refractivity contribution in [3.05, 3.63) is 11.6 Å². The molecule has 5 rings (SSSR count). The molecular formula is C32H42O13. The summed E-state index contributed by atoms with van der Waals surface area (Å²) >= 11 is 0. The van der Waals surface area contributed by atoms with E-state index in [2.05, 4.69) is 0 Å². The number of aliphatic hydroxyl groups is 1. The van der Waals surface area contributed by atoms with E-state index in [-0.39, 0.29) is 47.1 Å². The molecule has 0 unspecified atom stereocenters. The third-order valence-corrected chi connectivity index (χ3v) is 10.3. The van der Waals surface area contributed by atoms with Crippen molar-refractivity contribution in [3.63, 3.8) is 0 Å². The summed E-state index contributed by atoms with van der Waals surface area (Å²) in [6.45, 7) is 2.82. The van der Waals surface area contributed by atoms with Crippen LogP contribution in [0.4, 0.5) is 0 Å². The molecule has 0 aromatic rings. The molecule has 3 saturated carbocycles. The molecule has 13 nitrogen and oxygen atoms in total. The molecule has 4 aliphatic carbocycles. The zero-order valence-corrected chi connectivity index (χ0v) is 26.0. The van der Waals surface area contributed by atoms with Crippen LogP contribution in [0, 0.1) is 35.5 Å². The number of hydrogen-bond donors (Lipinski definition) is 1. The second kappa shape index (κ2) is 13.7. The normalized spacial score (nSPS) is 38.9. The number of ketones is 2. The van der Waals surface area contributed by atoms with Crippen LogP contribution in [0.25, 0.3) is 0 Å². The molecule has 0 spiro atoms. The minimum Gasteiger partial charge on any atom is -0.467 e. The Morgan fingerprint density at radius 3 is 2.18 bits per heavy atom. The Hall–Kier alpha value is -3.16. The number of carbonyl (C=O) groups excluding carboxylic acids is 6. The van der Waals surface area contributed by atoms with Crippen LogP contribution in [-0.2, 0) is 57.2 Å². The second-order valence-electron chi connectivity index (χ2n) is 12.9. The van der Waals surface area contributed by atoms with Crippen LogP contribution in [0.5, 0.6) is 0 Å². The van der Waals surface area contributed by atoms with Gasteiger partial charge in [-0.1, -0.05) is 5.57 Å². The van der Waals surface area contributed by atoms with Crippen molar-refractivity contribution in [2.24, 2.45) is 35.5 Å². The summed E-state index contributed by atoms with van der Waals surface area (Å²) in [5.74, 6) is -3.03. The fraction of sp³-hybridized carbons (Fsp3) is 0.750.